The fourth-order valence-corrected chi connectivity index (χ4v) is 4.66. The highest BCUT2D eigenvalue weighted by Crippen LogP contribution is 2.36. The van der Waals surface area contributed by atoms with Crippen molar-refractivity contribution in [1.29, 1.82) is 0 Å². The first kappa shape index (κ1) is 20.4. The lowest BCUT2D eigenvalue weighted by molar-refractivity contribution is 0.584. The van der Waals surface area contributed by atoms with Gasteiger partial charge in [-0.05, 0) is 47.0 Å². The number of hydrogen-bond acceptors (Lipinski definition) is 4. The molecular formula is C32H20N2O2. The molecule has 0 saturated carbocycles. The van der Waals surface area contributed by atoms with Crippen molar-refractivity contribution >= 4 is 21.9 Å². The largest absolute Gasteiger partial charge is 0.455 e. The third-order valence-electron chi connectivity index (χ3n) is 6.51. The maximum atomic E-state index is 6.20. The first-order chi connectivity index (χ1) is 17.8. The fourth-order valence-electron chi connectivity index (χ4n) is 4.66. The Hall–Kier alpha value is -4.96. The topological polar surface area (TPSA) is 52.1 Å². The first-order valence-electron chi connectivity index (χ1n) is 11.8. The number of aromatic nitrogens is 2. The molecule has 36 heavy (non-hydrogen) atoms. The summed E-state index contributed by atoms with van der Waals surface area (Å²) in [6.45, 7) is 0. The molecule has 0 aliphatic carbocycles. The van der Waals surface area contributed by atoms with E-state index < -0.39 is 0 Å². The van der Waals surface area contributed by atoms with Crippen molar-refractivity contribution in [3.05, 3.63) is 121 Å². The van der Waals surface area contributed by atoms with Crippen molar-refractivity contribution in [3.63, 3.8) is 0 Å². The van der Waals surface area contributed by atoms with Gasteiger partial charge < -0.3 is 8.83 Å². The van der Waals surface area contributed by atoms with Crippen LogP contribution >= 0.6 is 0 Å². The molecule has 0 saturated heterocycles. The van der Waals surface area contributed by atoms with Crippen LogP contribution in [-0.2, 0) is 0 Å². The van der Waals surface area contributed by atoms with Crippen molar-refractivity contribution in [2.75, 3.05) is 0 Å². The monoisotopic (exact) mass is 464 g/mol. The van der Waals surface area contributed by atoms with Crippen molar-refractivity contribution in [2.45, 2.75) is 0 Å². The molecule has 2 heterocycles. The predicted molar refractivity (Wildman–Crippen MR) is 143 cm³/mol. The Labute approximate surface area is 207 Å². The minimum atomic E-state index is 0.491. The molecule has 5 aromatic carbocycles. The highest BCUT2D eigenvalue weighted by molar-refractivity contribution is 6.09. The van der Waals surface area contributed by atoms with Gasteiger partial charge in [0.1, 0.15) is 11.2 Å². The molecule has 2 aromatic heterocycles. The molecule has 0 radical (unpaired) electrons. The number of hydrogen-bond donors (Lipinski definition) is 0. The van der Waals surface area contributed by atoms with Crippen LogP contribution in [-0.4, -0.2) is 10.2 Å². The SMILES string of the molecule is c1ccc(-c2ccc(-c3nnc(-c4ccc(-c5cccc6c5oc5ccccc56)cc4)o3)cc2)cc1. The summed E-state index contributed by atoms with van der Waals surface area (Å²) in [5.41, 5.74) is 8.00. The van der Waals surface area contributed by atoms with E-state index in [0.717, 1.165) is 49.8 Å². The van der Waals surface area contributed by atoms with Gasteiger partial charge in [0.2, 0.25) is 11.8 Å². The Morgan fingerprint density at radius 1 is 0.389 bits per heavy atom. The summed E-state index contributed by atoms with van der Waals surface area (Å²) >= 11 is 0. The van der Waals surface area contributed by atoms with E-state index in [4.69, 9.17) is 8.83 Å². The van der Waals surface area contributed by atoms with Gasteiger partial charge in [0.25, 0.3) is 0 Å². The lowest BCUT2D eigenvalue weighted by Crippen LogP contribution is -1.81. The van der Waals surface area contributed by atoms with E-state index in [0.29, 0.717) is 11.8 Å². The molecule has 0 aliphatic heterocycles. The van der Waals surface area contributed by atoms with Crippen molar-refractivity contribution in [1.82, 2.24) is 10.2 Å². The van der Waals surface area contributed by atoms with Crippen LogP contribution in [0.5, 0.6) is 0 Å². The highest BCUT2D eigenvalue weighted by Gasteiger charge is 2.14. The molecular weight excluding hydrogens is 444 g/mol. The first-order valence-corrected chi connectivity index (χ1v) is 11.8. The van der Waals surface area contributed by atoms with Gasteiger partial charge in [-0.3, -0.25) is 0 Å². The van der Waals surface area contributed by atoms with Crippen LogP contribution in [0, 0.1) is 0 Å². The number of para-hydroxylation sites is 2. The number of benzene rings is 5. The molecule has 4 nitrogen and oxygen atoms in total. The third-order valence-corrected chi connectivity index (χ3v) is 6.51. The molecule has 0 bridgehead atoms. The van der Waals surface area contributed by atoms with E-state index in [1.54, 1.807) is 0 Å². The number of furan rings is 1. The summed E-state index contributed by atoms with van der Waals surface area (Å²) in [6, 6.07) is 41.0. The summed E-state index contributed by atoms with van der Waals surface area (Å²) in [5.74, 6) is 0.992. The van der Waals surface area contributed by atoms with Gasteiger partial charge in [0, 0.05) is 27.5 Å². The molecule has 0 aliphatic rings. The van der Waals surface area contributed by atoms with Gasteiger partial charge in [-0.25, -0.2) is 0 Å². The molecule has 7 aromatic rings. The smallest absolute Gasteiger partial charge is 0.248 e. The Morgan fingerprint density at radius 2 is 0.944 bits per heavy atom. The lowest BCUT2D eigenvalue weighted by Gasteiger charge is -2.04. The fraction of sp³-hybridized carbons (Fsp3) is 0. The van der Waals surface area contributed by atoms with E-state index in [2.05, 4.69) is 70.9 Å². The average molecular weight is 465 g/mol. The average Bonchev–Trinajstić information content (AvgIpc) is 3.59. The second kappa shape index (κ2) is 8.36. The number of fused-ring (bicyclic) bond motifs is 3. The Bertz CT molecular complexity index is 1810. The van der Waals surface area contributed by atoms with Crippen LogP contribution < -0.4 is 0 Å². The zero-order valence-corrected chi connectivity index (χ0v) is 19.3. The molecule has 4 heteroatoms. The molecule has 7 rings (SSSR count). The zero-order chi connectivity index (χ0) is 23.9. The molecule has 0 N–H and O–H groups in total. The Balaban J connectivity index is 1.18. The van der Waals surface area contributed by atoms with Gasteiger partial charge in [0.05, 0.1) is 0 Å². The molecule has 0 fully saturated rings. The highest BCUT2D eigenvalue weighted by atomic mass is 16.4. The van der Waals surface area contributed by atoms with Crippen LogP contribution in [0.4, 0.5) is 0 Å². The van der Waals surface area contributed by atoms with Crippen molar-refractivity contribution in [3.8, 4) is 45.2 Å². The molecule has 0 amide bonds. The molecule has 170 valence electrons. The predicted octanol–water partition coefficient (Wildman–Crippen LogP) is 8.64. The van der Waals surface area contributed by atoms with Gasteiger partial charge in [-0.1, -0.05) is 91.0 Å². The van der Waals surface area contributed by atoms with E-state index in [9.17, 15) is 0 Å². The minimum Gasteiger partial charge on any atom is -0.455 e. The van der Waals surface area contributed by atoms with Crippen LogP contribution in [0.2, 0.25) is 0 Å². The van der Waals surface area contributed by atoms with Crippen molar-refractivity contribution in [2.24, 2.45) is 0 Å². The van der Waals surface area contributed by atoms with Gasteiger partial charge in [0.15, 0.2) is 0 Å². The third kappa shape index (κ3) is 3.48. The molecule has 0 spiro atoms. The summed E-state index contributed by atoms with van der Waals surface area (Å²) in [4.78, 5) is 0. The quantitative estimate of drug-likeness (QED) is 0.262. The van der Waals surface area contributed by atoms with E-state index in [1.807, 2.05) is 60.7 Å². The lowest BCUT2D eigenvalue weighted by atomic mass is 10.0. The maximum Gasteiger partial charge on any atom is 0.248 e. The van der Waals surface area contributed by atoms with E-state index in [-0.39, 0.29) is 0 Å². The minimum absolute atomic E-state index is 0.491. The zero-order valence-electron chi connectivity index (χ0n) is 19.3. The van der Waals surface area contributed by atoms with E-state index >= 15 is 0 Å². The molecule has 0 atom stereocenters. The normalized spacial score (nSPS) is 11.3. The number of nitrogens with zero attached hydrogens (tertiary/aromatic N) is 2. The number of rotatable bonds is 4. The van der Waals surface area contributed by atoms with Gasteiger partial charge in [-0.15, -0.1) is 10.2 Å². The van der Waals surface area contributed by atoms with Gasteiger partial charge in [-0.2, -0.15) is 0 Å². The second-order valence-electron chi connectivity index (χ2n) is 8.71. The van der Waals surface area contributed by atoms with E-state index in [1.165, 1.54) is 5.56 Å². The van der Waals surface area contributed by atoms with Crippen LogP contribution in [0.25, 0.3) is 67.1 Å². The standard InChI is InChI=1S/C32H20N2O2/c1-2-7-21(8-3-1)22-13-17-24(18-14-22)31-33-34-32(36-31)25-19-15-23(16-20-25)26-10-6-11-28-27-9-4-5-12-29(27)35-30(26)28/h1-20H. The molecule has 0 unspecified atom stereocenters. The van der Waals surface area contributed by atoms with Crippen LogP contribution in [0.1, 0.15) is 0 Å². The summed E-state index contributed by atoms with van der Waals surface area (Å²) in [7, 11) is 0. The Kier molecular flexibility index (Phi) is 4.74. The Morgan fingerprint density at radius 3 is 1.67 bits per heavy atom. The van der Waals surface area contributed by atoms with Crippen molar-refractivity contribution < 1.29 is 8.83 Å². The summed E-state index contributed by atoms with van der Waals surface area (Å²) < 4.78 is 12.2. The van der Waals surface area contributed by atoms with Gasteiger partial charge >= 0.3 is 0 Å². The second-order valence-corrected chi connectivity index (χ2v) is 8.71. The summed E-state index contributed by atoms with van der Waals surface area (Å²) in [6.07, 6.45) is 0. The maximum absolute atomic E-state index is 6.20. The summed E-state index contributed by atoms with van der Waals surface area (Å²) in [5, 5.41) is 10.8. The van der Waals surface area contributed by atoms with Crippen LogP contribution in [0.3, 0.4) is 0 Å². The van der Waals surface area contributed by atoms with Crippen LogP contribution in [0.15, 0.2) is 130 Å².